The monoisotopic (exact) mass is 513 g/mol. The minimum absolute atomic E-state index is 0.0538. The maximum atomic E-state index is 13.3. The number of nitrogens with zero attached hydrogens (tertiary/aromatic N) is 2. The van der Waals surface area contributed by atoms with Crippen molar-refractivity contribution in [2.45, 2.75) is 24.6 Å². The van der Waals surface area contributed by atoms with Gasteiger partial charge in [0, 0.05) is 29.9 Å². The summed E-state index contributed by atoms with van der Waals surface area (Å²) in [6.45, 7) is 2.34. The molecule has 0 bridgehead atoms. The predicted molar refractivity (Wildman–Crippen MR) is 137 cm³/mol. The standard InChI is InChI=1S/C26H29N3O.C2HF3O2/c1-28-18-17-25(24(20-28)21-11-5-2-6-12-21)27-19-26(30)29(22-13-7-3-8-14-22)23-15-9-4-10-16-23;3-2(4,5)1(6)7/h2-16,24-25,27H,17-20H2,1H3;(H,6,7)/t24-,25+;/m1./s1. The summed E-state index contributed by atoms with van der Waals surface area (Å²) in [4.78, 5) is 26.4. The molecule has 1 amide bonds. The number of likely N-dealkylation sites (tertiary alicyclic amines) is 1. The number of anilines is 2. The fourth-order valence-electron chi connectivity index (χ4n) is 4.29. The van der Waals surface area contributed by atoms with Crippen molar-refractivity contribution in [3.8, 4) is 0 Å². The van der Waals surface area contributed by atoms with Gasteiger partial charge in [-0.25, -0.2) is 4.79 Å². The third kappa shape index (κ3) is 8.16. The molecule has 2 atom stereocenters. The Hall–Kier alpha value is -3.69. The summed E-state index contributed by atoms with van der Waals surface area (Å²) < 4.78 is 31.7. The number of hydrogen-bond acceptors (Lipinski definition) is 4. The minimum Gasteiger partial charge on any atom is -0.475 e. The van der Waals surface area contributed by atoms with Crippen LogP contribution in [0.4, 0.5) is 24.5 Å². The molecule has 0 saturated carbocycles. The average Bonchev–Trinajstić information content (AvgIpc) is 2.90. The lowest BCUT2D eigenvalue weighted by Gasteiger charge is -2.38. The zero-order valence-electron chi connectivity index (χ0n) is 20.4. The van der Waals surface area contributed by atoms with E-state index in [2.05, 4.69) is 47.6 Å². The second-order valence-corrected chi connectivity index (χ2v) is 8.76. The summed E-state index contributed by atoms with van der Waals surface area (Å²) in [5.74, 6) is -2.33. The number of rotatable bonds is 6. The molecule has 196 valence electrons. The van der Waals surface area contributed by atoms with Crippen molar-refractivity contribution in [3.63, 3.8) is 0 Å². The van der Waals surface area contributed by atoms with E-state index in [-0.39, 0.29) is 11.9 Å². The number of hydrogen-bond donors (Lipinski definition) is 2. The van der Waals surface area contributed by atoms with Gasteiger partial charge >= 0.3 is 12.1 Å². The number of carbonyl (C=O) groups excluding carboxylic acids is 1. The summed E-state index contributed by atoms with van der Waals surface area (Å²) in [7, 11) is 2.17. The van der Waals surface area contributed by atoms with E-state index in [1.807, 2.05) is 60.7 Å². The van der Waals surface area contributed by atoms with E-state index in [1.54, 1.807) is 4.90 Å². The summed E-state index contributed by atoms with van der Waals surface area (Å²) in [5, 5.41) is 10.7. The van der Waals surface area contributed by atoms with Gasteiger partial charge in [-0.1, -0.05) is 66.7 Å². The Balaban J connectivity index is 0.000000479. The maximum Gasteiger partial charge on any atom is 0.490 e. The van der Waals surface area contributed by atoms with Gasteiger partial charge in [0.1, 0.15) is 0 Å². The van der Waals surface area contributed by atoms with Crippen LogP contribution in [0.5, 0.6) is 0 Å². The Labute approximate surface area is 214 Å². The first-order chi connectivity index (χ1) is 17.7. The Morgan fingerprint density at radius 2 is 1.38 bits per heavy atom. The van der Waals surface area contributed by atoms with Gasteiger partial charge in [0.15, 0.2) is 0 Å². The first kappa shape index (κ1) is 27.9. The van der Waals surface area contributed by atoms with E-state index < -0.39 is 12.1 Å². The third-order valence-corrected chi connectivity index (χ3v) is 6.08. The average molecular weight is 514 g/mol. The number of piperidine rings is 1. The van der Waals surface area contributed by atoms with Gasteiger partial charge in [0.2, 0.25) is 5.91 Å². The highest BCUT2D eigenvalue weighted by Crippen LogP contribution is 2.28. The van der Waals surface area contributed by atoms with Crippen molar-refractivity contribution in [3.05, 3.63) is 96.6 Å². The molecule has 1 saturated heterocycles. The van der Waals surface area contributed by atoms with Crippen molar-refractivity contribution in [1.29, 1.82) is 0 Å². The van der Waals surface area contributed by atoms with Gasteiger partial charge < -0.3 is 15.3 Å². The second-order valence-electron chi connectivity index (χ2n) is 8.76. The van der Waals surface area contributed by atoms with Crippen LogP contribution in [0, 0.1) is 0 Å². The van der Waals surface area contributed by atoms with Gasteiger partial charge in [-0.15, -0.1) is 0 Å². The van der Waals surface area contributed by atoms with Crippen LogP contribution in [0.3, 0.4) is 0 Å². The number of para-hydroxylation sites is 2. The molecular formula is C28H30F3N3O3. The van der Waals surface area contributed by atoms with E-state index in [9.17, 15) is 18.0 Å². The molecule has 0 radical (unpaired) electrons. The fraction of sp³-hybridized carbons (Fsp3) is 0.286. The van der Waals surface area contributed by atoms with Gasteiger partial charge in [0.25, 0.3) is 0 Å². The molecule has 4 rings (SSSR count). The number of carbonyl (C=O) groups is 2. The smallest absolute Gasteiger partial charge is 0.475 e. The number of nitrogens with one attached hydrogen (secondary N) is 1. The van der Waals surface area contributed by atoms with Crippen molar-refractivity contribution < 1.29 is 27.9 Å². The quantitative estimate of drug-likeness (QED) is 0.482. The fourth-order valence-corrected chi connectivity index (χ4v) is 4.29. The molecule has 0 aromatic heterocycles. The normalized spacial score (nSPS) is 17.8. The minimum atomic E-state index is -5.08. The molecule has 2 N–H and O–H groups in total. The van der Waals surface area contributed by atoms with Crippen LogP contribution >= 0.6 is 0 Å². The molecule has 1 heterocycles. The highest BCUT2D eigenvalue weighted by Gasteiger charge is 2.38. The predicted octanol–water partition coefficient (Wildman–Crippen LogP) is 5.06. The number of carboxylic acid groups (broad SMARTS) is 1. The molecule has 37 heavy (non-hydrogen) atoms. The summed E-state index contributed by atoms with van der Waals surface area (Å²) in [6, 6.07) is 30.6. The van der Waals surface area contributed by atoms with Crippen LogP contribution < -0.4 is 10.2 Å². The zero-order valence-corrected chi connectivity index (χ0v) is 20.4. The highest BCUT2D eigenvalue weighted by atomic mass is 19.4. The van der Waals surface area contributed by atoms with Gasteiger partial charge in [-0.05, 0) is 49.8 Å². The SMILES string of the molecule is CN1CC[C@H](NCC(=O)N(c2ccccc2)c2ccccc2)[C@@H](c2ccccc2)C1.O=C(O)C(F)(F)F. The number of likely N-dealkylation sites (N-methyl/N-ethyl adjacent to an activating group) is 1. The maximum absolute atomic E-state index is 13.3. The Kier molecular flexibility index (Phi) is 9.82. The Bertz CT molecular complexity index is 1090. The first-order valence-electron chi connectivity index (χ1n) is 11.9. The number of amides is 1. The molecule has 1 fully saturated rings. The molecule has 6 nitrogen and oxygen atoms in total. The van der Waals surface area contributed by atoms with Crippen LogP contribution in [-0.2, 0) is 9.59 Å². The molecular weight excluding hydrogens is 483 g/mol. The lowest BCUT2D eigenvalue weighted by Crippen LogP contribution is -2.49. The van der Waals surface area contributed by atoms with Crippen molar-refractivity contribution in [2.24, 2.45) is 0 Å². The number of alkyl halides is 3. The molecule has 0 spiro atoms. The van der Waals surface area contributed by atoms with E-state index in [1.165, 1.54) is 5.56 Å². The van der Waals surface area contributed by atoms with Crippen molar-refractivity contribution in [2.75, 3.05) is 31.6 Å². The molecule has 1 aliphatic heterocycles. The Morgan fingerprint density at radius 1 is 0.919 bits per heavy atom. The van der Waals surface area contributed by atoms with Crippen LogP contribution in [-0.4, -0.2) is 60.8 Å². The zero-order chi connectivity index (χ0) is 26.8. The highest BCUT2D eigenvalue weighted by molar-refractivity contribution is 6.01. The van der Waals surface area contributed by atoms with E-state index in [4.69, 9.17) is 9.90 Å². The molecule has 3 aromatic rings. The molecule has 0 aliphatic carbocycles. The van der Waals surface area contributed by atoms with E-state index >= 15 is 0 Å². The Morgan fingerprint density at radius 3 is 1.84 bits per heavy atom. The summed E-state index contributed by atoms with van der Waals surface area (Å²) in [5.41, 5.74) is 3.11. The molecule has 9 heteroatoms. The summed E-state index contributed by atoms with van der Waals surface area (Å²) >= 11 is 0. The van der Waals surface area contributed by atoms with Crippen LogP contribution in [0.1, 0.15) is 17.9 Å². The number of carboxylic acids is 1. The van der Waals surface area contributed by atoms with Crippen molar-refractivity contribution >= 4 is 23.3 Å². The molecule has 0 unspecified atom stereocenters. The third-order valence-electron chi connectivity index (χ3n) is 6.08. The topological polar surface area (TPSA) is 72.9 Å². The lowest BCUT2D eigenvalue weighted by atomic mass is 9.86. The van der Waals surface area contributed by atoms with Crippen LogP contribution in [0.15, 0.2) is 91.0 Å². The number of halogens is 3. The molecule has 1 aliphatic rings. The van der Waals surface area contributed by atoms with Gasteiger partial charge in [-0.3, -0.25) is 9.69 Å². The largest absolute Gasteiger partial charge is 0.490 e. The lowest BCUT2D eigenvalue weighted by molar-refractivity contribution is -0.192. The summed E-state index contributed by atoms with van der Waals surface area (Å²) in [6.07, 6.45) is -4.06. The van der Waals surface area contributed by atoms with E-state index in [0.29, 0.717) is 12.5 Å². The second kappa shape index (κ2) is 13.0. The first-order valence-corrected chi connectivity index (χ1v) is 11.9. The van der Waals surface area contributed by atoms with Gasteiger partial charge in [0.05, 0.1) is 6.54 Å². The van der Waals surface area contributed by atoms with Crippen LogP contribution in [0.2, 0.25) is 0 Å². The van der Waals surface area contributed by atoms with Crippen LogP contribution in [0.25, 0.3) is 0 Å². The molecule has 3 aromatic carbocycles. The number of aliphatic carboxylic acids is 1. The number of benzene rings is 3. The van der Waals surface area contributed by atoms with Crippen molar-refractivity contribution in [1.82, 2.24) is 10.2 Å². The van der Waals surface area contributed by atoms with Gasteiger partial charge in [-0.2, -0.15) is 13.2 Å². The van der Waals surface area contributed by atoms with E-state index in [0.717, 1.165) is 30.9 Å².